The SMILES string of the molecule is CNC(c1cc2cccc(Br)c2o1)c1nccn1C. The number of hydrogen-bond acceptors (Lipinski definition) is 3. The molecule has 3 rings (SSSR count). The van der Waals surface area contributed by atoms with Crippen molar-refractivity contribution in [1.29, 1.82) is 0 Å². The summed E-state index contributed by atoms with van der Waals surface area (Å²) in [5, 5.41) is 4.33. The Morgan fingerprint density at radius 1 is 1.42 bits per heavy atom. The summed E-state index contributed by atoms with van der Waals surface area (Å²) in [6, 6.07) is 8.01. The van der Waals surface area contributed by atoms with Gasteiger partial charge < -0.3 is 14.3 Å². The molecule has 1 N–H and O–H groups in total. The highest BCUT2D eigenvalue weighted by molar-refractivity contribution is 9.10. The minimum atomic E-state index is -0.0562. The summed E-state index contributed by atoms with van der Waals surface area (Å²) >= 11 is 3.51. The first kappa shape index (κ1) is 12.4. The van der Waals surface area contributed by atoms with Crippen LogP contribution in [0.5, 0.6) is 0 Å². The molecular formula is C14H14BrN3O. The molecule has 0 aliphatic carbocycles. The molecule has 0 radical (unpaired) electrons. The van der Waals surface area contributed by atoms with Gasteiger partial charge in [0.15, 0.2) is 0 Å². The van der Waals surface area contributed by atoms with Gasteiger partial charge >= 0.3 is 0 Å². The molecule has 4 nitrogen and oxygen atoms in total. The molecule has 0 saturated carbocycles. The fourth-order valence-corrected chi connectivity index (χ4v) is 2.71. The second kappa shape index (κ2) is 4.83. The van der Waals surface area contributed by atoms with Crippen LogP contribution < -0.4 is 5.32 Å². The van der Waals surface area contributed by atoms with E-state index in [0.717, 1.165) is 27.0 Å². The first-order valence-electron chi connectivity index (χ1n) is 6.03. The molecule has 0 aliphatic heterocycles. The number of hydrogen-bond donors (Lipinski definition) is 1. The summed E-state index contributed by atoms with van der Waals surface area (Å²) in [7, 11) is 3.88. The predicted octanol–water partition coefficient (Wildman–Crippen LogP) is 3.24. The van der Waals surface area contributed by atoms with Gasteiger partial charge in [0.05, 0.1) is 4.47 Å². The Bertz CT molecular complexity index is 716. The third-order valence-electron chi connectivity index (χ3n) is 3.20. The highest BCUT2D eigenvalue weighted by atomic mass is 79.9. The lowest BCUT2D eigenvalue weighted by Crippen LogP contribution is -2.20. The molecule has 3 aromatic rings. The van der Waals surface area contributed by atoms with Gasteiger partial charge in [0.1, 0.15) is 23.2 Å². The quantitative estimate of drug-likeness (QED) is 0.806. The van der Waals surface area contributed by atoms with E-state index < -0.39 is 0 Å². The number of aryl methyl sites for hydroxylation is 1. The standard InChI is InChI=1S/C14H14BrN3O/c1-16-12(14-17-6-7-18(14)2)11-8-9-4-3-5-10(15)13(9)19-11/h3-8,12,16H,1-2H3. The van der Waals surface area contributed by atoms with E-state index in [-0.39, 0.29) is 6.04 Å². The van der Waals surface area contributed by atoms with Crippen LogP contribution in [0.4, 0.5) is 0 Å². The van der Waals surface area contributed by atoms with Gasteiger partial charge in [-0.05, 0) is 35.1 Å². The van der Waals surface area contributed by atoms with Crippen molar-refractivity contribution in [1.82, 2.24) is 14.9 Å². The Balaban J connectivity index is 2.12. The van der Waals surface area contributed by atoms with Crippen molar-refractivity contribution in [2.75, 3.05) is 7.05 Å². The van der Waals surface area contributed by atoms with Crippen LogP contribution in [0.1, 0.15) is 17.6 Å². The lowest BCUT2D eigenvalue weighted by Gasteiger charge is -2.13. The van der Waals surface area contributed by atoms with E-state index in [1.165, 1.54) is 0 Å². The Kier molecular flexibility index (Phi) is 3.16. The molecule has 0 spiro atoms. The van der Waals surface area contributed by atoms with Crippen LogP contribution in [-0.4, -0.2) is 16.6 Å². The topological polar surface area (TPSA) is 43.0 Å². The molecule has 0 amide bonds. The molecule has 0 aliphatic rings. The molecule has 1 atom stereocenters. The zero-order valence-corrected chi connectivity index (χ0v) is 12.3. The smallest absolute Gasteiger partial charge is 0.148 e. The zero-order chi connectivity index (χ0) is 13.4. The van der Waals surface area contributed by atoms with Crippen molar-refractivity contribution in [3.8, 4) is 0 Å². The first-order valence-corrected chi connectivity index (χ1v) is 6.82. The lowest BCUT2D eigenvalue weighted by atomic mass is 10.2. The highest BCUT2D eigenvalue weighted by Crippen LogP contribution is 2.31. The number of nitrogens with zero attached hydrogens (tertiary/aromatic N) is 2. The average Bonchev–Trinajstić information content (AvgIpc) is 2.99. The maximum absolute atomic E-state index is 5.97. The number of nitrogens with one attached hydrogen (secondary N) is 1. The summed E-state index contributed by atoms with van der Waals surface area (Å²) in [6.45, 7) is 0. The number of furan rings is 1. The van der Waals surface area contributed by atoms with Gasteiger partial charge in [0.2, 0.25) is 0 Å². The third kappa shape index (κ3) is 2.09. The third-order valence-corrected chi connectivity index (χ3v) is 3.83. The molecule has 2 heterocycles. The number of imidazole rings is 1. The van der Waals surface area contributed by atoms with Crippen molar-refractivity contribution in [3.05, 3.63) is 52.7 Å². The fourth-order valence-electron chi connectivity index (χ4n) is 2.24. The minimum Gasteiger partial charge on any atom is -0.458 e. The molecule has 2 aromatic heterocycles. The Morgan fingerprint density at radius 2 is 2.26 bits per heavy atom. The van der Waals surface area contributed by atoms with Gasteiger partial charge in [-0.3, -0.25) is 0 Å². The molecule has 5 heteroatoms. The summed E-state index contributed by atoms with van der Waals surface area (Å²) in [4.78, 5) is 4.38. The summed E-state index contributed by atoms with van der Waals surface area (Å²) in [5.41, 5.74) is 0.868. The minimum absolute atomic E-state index is 0.0562. The molecule has 1 unspecified atom stereocenters. The van der Waals surface area contributed by atoms with E-state index in [1.807, 2.05) is 43.1 Å². The molecule has 98 valence electrons. The number of halogens is 1. The van der Waals surface area contributed by atoms with Crippen LogP contribution in [0.2, 0.25) is 0 Å². The normalized spacial score (nSPS) is 13.0. The average molecular weight is 320 g/mol. The van der Waals surface area contributed by atoms with Crippen molar-refractivity contribution in [2.45, 2.75) is 6.04 Å². The van der Waals surface area contributed by atoms with Crippen molar-refractivity contribution < 1.29 is 4.42 Å². The van der Waals surface area contributed by atoms with E-state index in [4.69, 9.17) is 4.42 Å². The van der Waals surface area contributed by atoms with E-state index >= 15 is 0 Å². The van der Waals surface area contributed by atoms with Crippen LogP contribution in [0, 0.1) is 0 Å². The number of para-hydroxylation sites is 1. The molecule has 1 aromatic carbocycles. The van der Waals surface area contributed by atoms with E-state index in [2.05, 4.69) is 32.3 Å². The van der Waals surface area contributed by atoms with E-state index in [9.17, 15) is 0 Å². The van der Waals surface area contributed by atoms with Gasteiger partial charge in [-0.25, -0.2) is 4.98 Å². The maximum Gasteiger partial charge on any atom is 0.148 e. The molecule has 0 bridgehead atoms. The van der Waals surface area contributed by atoms with Crippen LogP contribution in [-0.2, 0) is 7.05 Å². The number of fused-ring (bicyclic) bond motifs is 1. The number of benzene rings is 1. The monoisotopic (exact) mass is 319 g/mol. The van der Waals surface area contributed by atoms with E-state index in [1.54, 1.807) is 6.20 Å². The summed E-state index contributed by atoms with van der Waals surface area (Å²) in [6.07, 6.45) is 3.72. The molecule has 19 heavy (non-hydrogen) atoms. The summed E-state index contributed by atoms with van der Waals surface area (Å²) < 4.78 is 8.92. The largest absolute Gasteiger partial charge is 0.458 e. The Morgan fingerprint density at radius 3 is 2.89 bits per heavy atom. The number of aromatic nitrogens is 2. The van der Waals surface area contributed by atoms with Gasteiger partial charge in [-0.1, -0.05) is 12.1 Å². The molecule has 0 fully saturated rings. The number of rotatable bonds is 3. The van der Waals surface area contributed by atoms with Crippen LogP contribution in [0.3, 0.4) is 0 Å². The van der Waals surface area contributed by atoms with Crippen LogP contribution in [0.25, 0.3) is 11.0 Å². The van der Waals surface area contributed by atoms with Crippen molar-refractivity contribution in [3.63, 3.8) is 0 Å². The van der Waals surface area contributed by atoms with Crippen molar-refractivity contribution >= 4 is 26.9 Å². The predicted molar refractivity (Wildman–Crippen MR) is 78.0 cm³/mol. The maximum atomic E-state index is 5.97. The van der Waals surface area contributed by atoms with Gasteiger partial charge in [0.25, 0.3) is 0 Å². The van der Waals surface area contributed by atoms with Gasteiger partial charge in [-0.15, -0.1) is 0 Å². The zero-order valence-electron chi connectivity index (χ0n) is 10.7. The van der Waals surface area contributed by atoms with Gasteiger partial charge in [-0.2, -0.15) is 0 Å². The van der Waals surface area contributed by atoms with Crippen molar-refractivity contribution in [2.24, 2.45) is 7.05 Å². The Hall–Kier alpha value is -1.59. The molecular weight excluding hydrogens is 306 g/mol. The van der Waals surface area contributed by atoms with E-state index in [0.29, 0.717) is 0 Å². The Labute approximate surface area is 119 Å². The van der Waals surface area contributed by atoms with Crippen LogP contribution >= 0.6 is 15.9 Å². The van der Waals surface area contributed by atoms with Crippen LogP contribution in [0.15, 0.2) is 45.5 Å². The second-order valence-corrected chi connectivity index (χ2v) is 5.28. The first-order chi connectivity index (χ1) is 9.20. The van der Waals surface area contributed by atoms with Gasteiger partial charge in [0, 0.05) is 24.8 Å². The highest BCUT2D eigenvalue weighted by Gasteiger charge is 2.20. The fraction of sp³-hybridized carbons (Fsp3) is 0.214. The summed E-state index contributed by atoms with van der Waals surface area (Å²) in [5.74, 6) is 1.79. The molecule has 0 saturated heterocycles. The lowest BCUT2D eigenvalue weighted by molar-refractivity contribution is 0.471. The second-order valence-electron chi connectivity index (χ2n) is 4.42.